The average molecular weight is 383 g/mol. The Morgan fingerprint density at radius 1 is 0.862 bits per heavy atom. The summed E-state index contributed by atoms with van der Waals surface area (Å²) in [7, 11) is 0. The molecule has 0 bridgehead atoms. The third-order valence-electron chi connectivity index (χ3n) is 4.56. The van der Waals surface area contributed by atoms with E-state index in [0.29, 0.717) is 23.7 Å². The van der Waals surface area contributed by atoms with Gasteiger partial charge in [0.1, 0.15) is 0 Å². The molecule has 3 aromatic rings. The number of allylic oxidation sites excluding steroid dienone is 1. The summed E-state index contributed by atoms with van der Waals surface area (Å²) in [4.78, 5) is 8.85. The minimum absolute atomic E-state index is 0.630. The van der Waals surface area contributed by atoms with Gasteiger partial charge in [0.25, 0.3) is 0 Å². The van der Waals surface area contributed by atoms with Gasteiger partial charge in [0.05, 0.1) is 30.6 Å². The fourth-order valence-corrected chi connectivity index (χ4v) is 2.89. The Labute approximate surface area is 172 Å². The van der Waals surface area contributed by atoms with Crippen molar-refractivity contribution in [3.63, 3.8) is 0 Å². The Bertz CT molecular complexity index is 953. The zero-order valence-electron chi connectivity index (χ0n) is 16.7. The maximum absolute atomic E-state index is 8.91. The molecule has 3 rings (SSSR count). The molecular formula is C25H25N3O. The second kappa shape index (κ2) is 10.8. The largest absolute Gasteiger partial charge is 0.490 e. The second-order valence-electron chi connectivity index (χ2n) is 6.76. The predicted molar refractivity (Wildman–Crippen MR) is 116 cm³/mol. The number of nitriles is 1. The van der Waals surface area contributed by atoms with Crippen LogP contribution in [0.1, 0.15) is 38.2 Å². The lowest BCUT2D eigenvalue weighted by atomic mass is 10.0. The van der Waals surface area contributed by atoms with Gasteiger partial charge in [-0.2, -0.15) is 5.26 Å². The molecule has 0 atom stereocenters. The quantitative estimate of drug-likeness (QED) is 0.326. The molecule has 0 aliphatic rings. The van der Waals surface area contributed by atoms with E-state index < -0.39 is 0 Å². The monoisotopic (exact) mass is 383 g/mol. The van der Waals surface area contributed by atoms with Gasteiger partial charge >= 0.3 is 0 Å². The summed E-state index contributed by atoms with van der Waals surface area (Å²) >= 11 is 0. The van der Waals surface area contributed by atoms with Gasteiger partial charge in [-0.25, -0.2) is 9.97 Å². The average Bonchev–Trinajstić information content (AvgIpc) is 2.79. The molecule has 0 saturated heterocycles. The number of nitrogens with zero attached hydrogens (tertiary/aromatic N) is 3. The van der Waals surface area contributed by atoms with Crippen molar-refractivity contribution in [2.24, 2.45) is 0 Å². The van der Waals surface area contributed by atoms with Crippen molar-refractivity contribution in [2.75, 3.05) is 6.61 Å². The number of benzene rings is 2. The van der Waals surface area contributed by atoms with Crippen molar-refractivity contribution < 1.29 is 4.74 Å². The van der Waals surface area contributed by atoms with Crippen molar-refractivity contribution in [1.82, 2.24) is 9.97 Å². The normalized spacial score (nSPS) is 10.8. The van der Waals surface area contributed by atoms with Gasteiger partial charge in [-0.1, -0.05) is 68.3 Å². The van der Waals surface area contributed by atoms with E-state index in [-0.39, 0.29) is 0 Å². The molecule has 1 aromatic heterocycles. The van der Waals surface area contributed by atoms with Gasteiger partial charge in [0.2, 0.25) is 0 Å². The number of aromatic nitrogens is 2. The molecule has 0 unspecified atom stereocenters. The molecule has 0 saturated carbocycles. The summed E-state index contributed by atoms with van der Waals surface area (Å²) in [5.41, 5.74) is 3.77. The Hall–Kier alpha value is -3.45. The van der Waals surface area contributed by atoms with E-state index >= 15 is 0 Å². The van der Waals surface area contributed by atoms with E-state index in [4.69, 9.17) is 10.00 Å². The topological polar surface area (TPSA) is 58.8 Å². The minimum Gasteiger partial charge on any atom is -0.490 e. The number of hydrogen-bond acceptors (Lipinski definition) is 4. The maximum atomic E-state index is 8.91. The Kier molecular flexibility index (Phi) is 7.54. The number of ether oxygens (including phenoxy) is 1. The van der Waals surface area contributed by atoms with Crippen molar-refractivity contribution >= 4 is 0 Å². The van der Waals surface area contributed by atoms with Crippen LogP contribution in [0.15, 0.2) is 73.1 Å². The van der Waals surface area contributed by atoms with Crippen LogP contribution in [0.2, 0.25) is 0 Å². The predicted octanol–water partition coefficient (Wildman–Crippen LogP) is 6.20. The van der Waals surface area contributed by atoms with Crippen LogP contribution >= 0.6 is 0 Å². The Morgan fingerprint density at radius 3 is 2.07 bits per heavy atom. The fourth-order valence-electron chi connectivity index (χ4n) is 2.89. The molecule has 4 nitrogen and oxygen atoms in total. The highest BCUT2D eigenvalue weighted by Crippen LogP contribution is 2.24. The van der Waals surface area contributed by atoms with Gasteiger partial charge in [-0.15, -0.1) is 0 Å². The zero-order valence-corrected chi connectivity index (χ0v) is 16.7. The first kappa shape index (κ1) is 20.3. The molecule has 0 aliphatic carbocycles. The van der Waals surface area contributed by atoms with Crippen LogP contribution in [-0.4, -0.2) is 16.6 Å². The van der Waals surface area contributed by atoms with Crippen molar-refractivity contribution in [3.8, 4) is 34.3 Å². The fraction of sp³-hybridized carbons (Fsp3) is 0.240. The smallest absolute Gasteiger partial charge is 0.159 e. The lowest BCUT2D eigenvalue weighted by Gasteiger charge is -2.06. The minimum atomic E-state index is 0.630. The van der Waals surface area contributed by atoms with Crippen molar-refractivity contribution in [1.29, 1.82) is 5.26 Å². The molecular weight excluding hydrogens is 358 g/mol. The van der Waals surface area contributed by atoms with Crippen molar-refractivity contribution in [2.45, 2.75) is 32.6 Å². The van der Waals surface area contributed by atoms with E-state index in [9.17, 15) is 0 Å². The third-order valence-corrected chi connectivity index (χ3v) is 4.56. The summed E-state index contributed by atoms with van der Waals surface area (Å²) in [5, 5.41) is 8.91. The zero-order chi connectivity index (χ0) is 20.3. The molecule has 0 fully saturated rings. The van der Waals surface area contributed by atoms with Gasteiger partial charge in [0, 0.05) is 5.56 Å². The van der Waals surface area contributed by atoms with E-state index in [0.717, 1.165) is 29.5 Å². The molecule has 1 heterocycles. The van der Waals surface area contributed by atoms with Crippen LogP contribution in [0, 0.1) is 11.3 Å². The summed E-state index contributed by atoms with van der Waals surface area (Å²) < 4.78 is 5.70. The van der Waals surface area contributed by atoms with E-state index in [1.807, 2.05) is 48.5 Å². The van der Waals surface area contributed by atoms with Crippen LogP contribution < -0.4 is 4.74 Å². The first-order chi connectivity index (χ1) is 14.3. The van der Waals surface area contributed by atoms with E-state index in [2.05, 4.69) is 35.1 Å². The summed E-state index contributed by atoms with van der Waals surface area (Å²) in [5.74, 6) is 1.35. The molecule has 2 aromatic carbocycles. The highest BCUT2D eigenvalue weighted by atomic mass is 16.5. The van der Waals surface area contributed by atoms with Crippen LogP contribution in [-0.2, 0) is 0 Å². The molecule has 4 heteroatoms. The van der Waals surface area contributed by atoms with Crippen LogP contribution in [0.3, 0.4) is 0 Å². The van der Waals surface area contributed by atoms with E-state index in [1.54, 1.807) is 12.4 Å². The molecule has 0 N–H and O–H groups in total. The first-order valence-electron chi connectivity index (χ1n) is 10.0. The third kappa shape index (κ3) is 6.02. The standard InChI is InChI=1S/C25H25N3O/c1-2-3-4-5-6-7-16-29-24-18-27-25(28-19-24)23-14-12-22(13-15-23)21-10-8-20(17-26)9-11-21/h5-6,8-15,18-19H,2-4,7,16H2,1H3. The van der Waals surface area contributed by atoms with Crippen LogP contribution in [0.25, 0.3) is 22.5 Å². The SMILES string of the molecule is CCCCC=CCCOc1cnc(-c2ccc(-c3ccc(C#N)cc3)cc2)nc1. The lowest BCUT2D eigenvalue weighted by molar-refractivity contribution is 0.322. The molecule has 0 amide bonds. The van der Waals surface area contributed by atoms with Crippen LogP contribution in [0.4, 0.5) is 0 Å². The van der Waals surface area contributed by atoms with Gasteiger partial charge in [-0.05, 0) is 36.1 Å². The number of unbranched alkanes of at least 4 members (excludes halogenated alkanes) is 2. The van der Waals surface area contributed by atoms with Crippen LogP contribution in [0.5, 0.6) is 5.75 Å². The number of hydrogen-bond donors (Lipinski definition) is 0. The summed E-state index contributed by atoms with van der Waals surface area (Å²) in [6.45, 7) is 2.83. The van der Waals surface area contributed by atoms with Gasteiger partial charge in [0.15, 0.2) is 11.6 Å². The van der Waals surface area contributed by atoms with Crippen molar-refractivity contribution in [3.05, 3.63) is 78.6 Å². The highest BCUT2D eigenvalue weighted by Gasteiger charge is 2.04. The molecule has 29 heavy (non-hydrogen) atoms. The summed E-state index contributed by atoms with van der Waals surface area (Å²) in [6, 6.07) is 17.8. The number of rotatable bonds is 9. The Morgan fingerprint density at radius 2 is 1.45 bits per heavy atom. The molecule has 0 radical (unpaired) electrons. The van der Waals surface area contributed by atoms with E-state index in [1.165, 1.54) is 12.8 Å². The summed E-state index contributed by atoms with van der Waals surface area (Å²) in [6.07, 6.45) is 12.3. The lowest BCUT2D eigenvalue weighted by Crippen LogP contribution is -1.98. The molecule has 0 spiro atoms. The van der Waals surface area contributed by atoms with Gasteiger partial charge in [-0.3, -0.25) is 0 Å². The second-order valence-corrected chi connectivity index (χ2v) is 6.76. The molecule has 146 valence electrons. The highest BCUT2D eigenvalue weighted by molar-refractivity contribution is 5.68. The first-order valence-corrected chi connectivity index (χ1v) is 10.0. The maximum Gasteiger partial charge on any atom is 0.159 e. The van der Waals surface area contributed by atoms with Gasteiger partial charge < -0.3 is 4.74 Å². The molecule has 0 aliphatic heterocycles. The Balaban J connectivity index is 1.55.